The second-order valence-electron chi connectivity index (χ2n) is 5.01. The van der Waals surface area contributed by atoms with Crippen LogP contribution in [0.3, 0.4) is 0 Å². The fourth-order valence-corrected chi connectivity index (χ4v) is 2.56. The summed E-state index contributed by atoms with van der Waals surface area (Å²) in [5.41, 5.74) is 5.57. The number of amides is 1. The summed E-state index contributed by atoms with van der Waals surface area (Å²) >= 11 is 0. The molecule has 0 saturated carbocycles. The molecule has 5 nitrogen and oxygen atoms in total. The van der Waals surface area contributed by atoms with Crippen LogP contribution in [0.5, 0.6) is 0 Å². The van der Waals surface area contributed by atoms with Crippen molar-refractivity contribution in [2.24, 2.45) is 11.7 Å². The maximum Gasteiger partial charge on any atom is 0.247 e. The Balaban J connectivity index is 1.87. The van der Waals surface area contributed by atoms with Crippen molar-refractivity contribution in [1.29, 1.82) is 0 Å². The van der Waals surface area contributed by atoms with E-state index in [2.05, 4.69) is 5.10 Å². The van der Waals surface area contributed by atoms with Gasteiger partial charge in [-0.05, 0) is 44.7 Å². The van der Waals surface area contributed by atoms with Crippen LogP contribution >= 0.6 is 0 Å². The monoisotopic (exact) mass is 250 g/mol. The van der Waals surface area contributed by atoms with E-state index in [0.717, 1.165) is 38.9 Å². The lowest BCUT2D eigenvalue weighted by Gasteiger charge is -2.33. The van der Waals surface area contributed by atoms with Gasteiger partial charge in [-0.15, -0.1) is 0 Å². The summed E-state index contributed by atoms with van der Waals surface area (Å²) in [6.07, 6.45) is 6.78. The van der Waals surface area contributed by atoms with Crippen molar-refractivity contribution in [2.75, 3.05) is 19.6 Å². The van der Waals surface area contributed by atoms with Gasteiger partial charge in [0.25, 0.3) is 0 Å². The molecule has 1 atom stereocenters. The van der Waals surface area contributed by atoms with Gasteiger partial charge in [0, 0.05) is 25.5 Å². The molecular formula is C13H22N4O. The molecule has 1 aromatic heterocycles. The molecule has 0 radical (unpaired) electrons. The minimum atomic E-state index is -0.203. The SMILES string of the molecule is CC(C(=O)N1CCC(CCN)CC1)n1cccn1. The topological polar surface area (TPSA) is 64.2 Å². The minimum Gasteiger partial charge on any atom is -0.341 e. The molecule has 2 heterocycles. The molecule has 18 heavy (non-hydrogen) atoms. The maximum absolute atomic E-state index is 12.3. The molecule has 1 aliphatic heterocycles. The predicted molar refractivity (Wildman–Crippen MR) is 69.9 cm³/mol. The number of piperidine rings is 1. The second-order valence-corrected chi connectivity index (χ2v) is 5.01. The van der Waals surface area contributed by atoms with Crippen LogP contribution < -0.4 is 5.73 Å². The molecule has 1 saturated heterocycles. The van der Waals surface area contributed by atoms with Crippen LogP contribution in [0.4, 0.5) is 0 Å². The fraction of sp³-hybridized carbons (Fsp3) is 0.692. The molecule has 1 amide bonds. The Morgan fingerprint density at radius 3 is 2.78 bits per heavy atom. The average molecular weight is 250 g/mol. The van der Waals surface area contributed by atoms with Gasteiger partial charge < -0.3 is 10.6 Å². The summed E-state index contributed by atoms with van der Waals surface area (Å²) < 4.78 is 1.72. The largest absolute Gasteiger partial charge is 0.341 e. The number of aromatic nitrogens is 2. The van der Waals surface area contributed by atoms with Gasteiger partial charge in [-0.2, -0.15) is 5.10 Å². The highest BCUT2D eigenvalue weighted by Gasteiger charge is 2.26. The Labute approximate surface area is 108 Å². The van der Waals surface area contributed by atoms with Crippen LogP contribution in [-0.4, -0.2) is 40.2 Å². The van der Waals surface area contributed by atoms with Crippen molar-refractivity contribution in [2.45, 2.75) is 32.2 Å². The molecule has 2 N–H and O–H groups in total. The van der Waals surface area contributed by atoms with Crippen molar-refractivity contribution in [3.05, 3.63) is 18.5 Å². The lowest BCUT2D eigenvalue weighted by Crippen LogP contribution is -2.42. The molecule has 1 unspecified atom stereocenters. The number of carbonyl (C=O) groups is 1. The summed E-state index contributed by atoms with van der Waals surface area (Å²) in [5.74, 6) is 0.865. The van der Waals surface area contributed by atoms with Crippen molar-refractivity contribution in [3.63, 3.8) is 0 Å². The number of hydrogen-bond donors (Lipinski definition) is 1. The van der Waals surface area contributed by atoms with E-state index in [1.165, 1.54) is 0 Å². The molecule has 100 valence electrons. The highest BCUT2D eigenvalue weighted by molar-refractivity contribution is 5.80. The third kappa shape index (κ3) is 2.90. The van der Waals surface area contributed by atoms with E-state index >= 15 is 0 Å². The van der Waals surface area contributed by atoms with Crippen LogP contribution in [-0.2, 0) is 4.79 Å². The predicted octanol–water partition coefficient (Wildman–Crippen LogP) is 1.03. The van der Waals surface area contributed by atoms with Gasteiger partial charge in [-0.3, -0.25) is 9.48 Å². The molecule has 1 aliphatic rings. The standard InChI is InChI=1S/C13H22N4O/c1-11(17-8-2-7-15-17)13(18)16-9-4-12(3-6-14)5-10-16/h2,7-8,11-12H,3-6,9-10,14H2,1H3. The smallest absolute Gasteiger partial charge is 0.247 e. The number of hydrogen-bond acceptors (Lipinski definition) is 3. The quantitative estimate of drug-likeness (QED) is 0.868. The van der Waals surface area contributed by atoms with Crippen molar-refractivity contribution < 1.29 is 4.79 Å². The number of nitrogens with zero attached hydrogens (tertiary/aromatic N) is 3. The minimum absolute atomic E-state index is 0.171. The number of likely N-dealkylation sites (tertiary alicyclic amines) is 1. The first-order valence-corrected chi connectivity index (χ1v) is 6.70. The lowest BCUT2D eigenvalue weighted by molar-refractivity contribution is -0.136. The summed E-state index contributed by atoms with van der Waals surface area (Å²) in [7, 11) is 0. The van der Waals surface area contributed by atoms with E-state index in [1.54, 1.807) is 10.9 Å². The maximum atomic E-state index is 12.3. The van der Waals surface area contributed by atoms with Crippen LogP contribution in [0.25, 0.3) is 0 Å². The molecule has 5 heteroatoms. The Hall–Kier alpha value is -1.36. The van der Waals surface area contributed by atoms with Crippen LogP contribution in [0, 0.1) is 5.92 Å². The van der Waals surface area contributed by atoms with Crippen LogP contribution in [0.1, 0.15) is 32.2 Å². The van der Waals surface area contributed by atoms with E-state index in [1.807, 2.05) is 24.1 Å². The van der Waals surface area contributed by atoms with Gasteiger partial charge in [0.2, 0.25) is 5.91 Å². The Morgan fingerprint density at radius 1 is 1.50 bits per heavy atom. The highest BCUT2D eigenvalue weighted by atomic mass is 16.2. The molecule has 1 fully saturated rings. The first-order valence-electron chi connectivity index (χ1n) is 6.70. The number of nitrogens with two attached hydrogens (primary N) is 1. The highest BCUT2D eigenvalue weighted by Crippen LogP contribution is 2.21. The molecule has 2 rings (SSSR count). The van der Waals surface area contributed by atoms with E-state index in [4.69, 9.17) is 5.73 Å². The zero-order valence-electron chi connectivity index (χ0n) is 11.0. The van der Waals surface area contributed by atoms with Gasteiger partial charge >= 0.3 is 0 Å². The summed E-state index contributed by atoms with van der Waals surface area (Å²) in [4.78, 5) is 14.3. The van der Waals surface area contributed by atoms with Gasteiger partial charge in [0.1, 0.15) is 6.04 Å². The van der Waals surface area contributed by atoms with E-state index in [-0.39, 0.29) is 11.9 Å². The van der Waals surface area contributed by atoms with E-state index in [0.29, 0.717) is 5.92 Å². The van der Waals surface area contributed by atoms with Crippen molar-refractivity contribution in [3.8, 4) is 0 Å². The van der Waals surface area contributed by atoms with Crippen LogP contribution in [0.2, 0.25) is 0 Å². The summed E-state index contributed by atoms with van der Waals surface area (Å²) in [6, 6.07) is 1.64. The lowest BCUT2D eigenvalue weighted by atomic mass is 9.93. The molecule has 0 spiro atoms. The Kier molecular flexibility index (Phi) is 4.36. The first kappa shape index (κ1) is 13.1. The van der Waals surface area contributed by atoms with Gasteiger partial charge in [-0.1, -0.05) is 0 Å². The first-order chi connectivity index (χ1) is 8.72. The zero-order chi connectivity index (χ0) is 13.0. The third-order valence-electron chi connectivity index (χ3n) is 3.78. The van der Waals surface area contributed by atoms with Gasteiger partial charge in [0.05, 0.1) is 0 Å². The summed E-state index contributed by atoms with van der Waals surface area (Å²) in [5, 5.41) is 4.13. The molecule has 1 aromatic rings. The molecule has 0 aliphatic carbocycles. The van der Waals surface area contributed by atoms with Crippen molar-refractivity contribution in [1.82, 2.24) is 14.7 Å². The average Bonchev–Trinajstić information content (AvgIpc) is 2.92. The van der Waals surface area contributed by atoms with Crippen LogP contribution in [0.15, 0.2) is 18.5 Å². The van der Waals surface area contributed by atoms with Crippen molar-refractivity contribution >= 4 is 5.91 Å². The van der Waals surface area contributed by atoms with Gasteiger partial charge in [0.15, 0.2) is 0 Å². The number of rotatable bonds is 4. The zero-order valence-corrected chi connectivity index (χ0v) is 11.0. The Bertz CT molecular complexity index is 368. The molecule has 0 bridgehead atoms. The Morgan fingerprint density at radius 2 is 2.22 bits per heavy atom. The normalized spacial score (nSPS) is 18.9. The summed E-state index contributed by atoms with van der Waals surface area (Å²) in [6.45, 7) is 4.37. The van der Waals surface area contributed by atoms with E-state index in [9.17, 15) is 4.79 Å². The van der Waals surface area contributed by atoms with E-state index < -0.39 is 0 Å². The number of carbonyl (C=O) groups excluding carboxylic acids is 1. The van der Waals surface area contributed by atoms with Gasteiger partial charge in [-0.25, -0.2) is 0 Å². The second kappa shape index (κ2) is 6.00. The fourth-order valence-electron chi connectivity index (χ4n) is 2.56. The molecular weight excluding hydrogens is 228 g/mol. The molecule has 0 aromatic carbocycles. The third-order valence-corrected chi connectivity index (χ3v) is 3.78.